The quantitative estimate of drug-likeness (QED) is 0.626. The van der Waals surface area contributed by atoms with Crippen LogP contribution in [0.4, 0.5) is 0 Å². The summed E-state index contributed by atoms with van der Waals surface area (Å²) in [4.78, 5) is 18.7. The van der Waals surface area contributed by atoms with E-state index in [-0.39, 0.29) is 5.91 Å². The molecule has 0 fully saturated rings. The van der Waals surface area contributed by atoms with E-state index < -0.39 is 0 Å². The number of nitrogens with zero attached hydrogens (tertiary/aromatic N) is 3. The average Bonchev–Trinajstić information content (AvgIpc) is 3.05. The topological polar surface area (TPSA) is 99.4 Å². The molecule has 0 aliphatic carbocycles. The molecule has 18 heavy (non-hydrogen) atoms. The van der Waals surface area contributed by atoms with Crippen molar-refractivity contribution in [2.24, 2.45) is 0 Å². The third kappa shape index (κ3) is 1.93. The Bertz CT molecular complexity index is 672. The molecule has 90 valence electrons. The molecular formula is C11H10N6O. The highest BCUT2D eigenvalue weighted by atomic mass is 16.1. The first kappa shape index (κ1) is 10.5. The van der Waals surface area contributed by atoms with Crippen LogP contribution in [0.5, 0.6) is 0 Å². The van der Waals surface area contributed by atoms with Crippen molar-refractivity contribution in [2.75, 3.05) is 0 Å². The van der Waals surface area contributed by atoms with Crippen molar-refractivity contribution < 1.29 is 4.79 Å². The zero-order valence-electron chi connectivity index (χ0n) is 9.34. The second-order valence-electron chi connectivity index (χ2n) is 3.79. The molecule has 0 aliphatic heterocycles. The minimum absolute atomic E-state index is 0.158. The number of imidazole rings is 1. The number of hydrogen-bond acceptors (Lipinski definition) is 4. The number of carbonyl (C=O) groups is 1. The fourth-order valence-corrected chi connectivity index (χ4v) is 1.64. The van der Waals surface area contributed by atoms with Gasteiger partial charge in [-0.25, -0.2) is 4.98 Å². The average molecular weight is 242 g/mol. The fraction of sp³-hybridized carbons (Fsp3) is 0.0909. The summed E-state index contributed by atoms with van der Waals surface area (Å²) in [5.41, 5.74) is 2.81. The van der Waals surface area contributed by atoms with Gasteiger partial charge in [0.25, 0.3) is 5.91 Å². The number of fused-ring (bicyclic) bond motifs is 1. The summed E-state index contributed by atoms with van der Waals surface area (Å²) in [6.07, 6.45) is 3.24. The van der Waals surface area contributed by atoms with Crippen LogP contribution in [-0.2, 0) is 6.54 Å². The first-order chi connectivity index (χ1) is 8.83. The van der Waals surface area contributed by atoms with Gasteiger partial charge in [0.15, 0.2) is 0 Å². The van der Waals surface area contributed by atoms with Crippen LogP contribution in [0.15, 0.2) is 30.7 Å². The largest absolute Gasteiger partial charge is 0.347 e. The molecule has 7 nitrogen and oxygen atoms in total. The number of hydrogen-bond donors (Lipinski definition) is 3. The van der Waals surface area contributed by atoms with Crippen molar-refractivity contribution in [2.45, 2.75) is 6.54 Å². The van der Waals surface area contributed by atoms with Crippen molar-refractivity contribution in [1.82, 2.24) is 30.7 Å². The zero-order valence-corrected chi connectivity index (χ0v) is 9.34. The monoisotopic (exact) mass is 242 g/mol. The molecule has 3 aromatic rings. The Labute approximate surface area is 102 Å². The second-order valence-corrected chi connectivity index (χ2v) is 3.79. The predicted molar refractivity (Wildman–Crippen MR) is 63.6 cm³/mol. The van der Waals surface area contributed by atoms with E-state index in [2.05, 4.69) is 30.7 Å². The van der Waals surface area contributed by atoms with Gasteiger partial charge in [-0.05, 0) is 18.2 Å². The number of rotatable bonds is 3. The summed E-state index contributed by atoms with van der Waals surface area (Å²) in [6, 6.07) is 5.16. The van der Waals surface area contributed by atoms with Crippen LogP contribution in [0, 0.1) is 0 Å². The van der Waals surface area contributed by atoms with Crippen molar-refractivity contribution >= 4 is 16.9 Å². The maximum Gasteiger partial charge on any atom is 0.251 e. The minimum Gasteiger partial charge on any atom is -0.347 e. The molecule has 0 atom stereocenters. The van der Waals surface area contributed by atoms with Gasteiger partial charge in [0, 0.05) is 11.8 Å². The SMILES string of the molecule is O=C(NCc1cnc[nH]1)c1ccc2n[nH]nc2c1. The maximum absolute atomic E-state index is 11.9. The van der Waals surface area contributed by atoms with Gasteiger partial charge in [-0.1, -0.05) is 0 Å². The lowest BCUT2D eigenvalue weighted by atomic mass is 10.2. The molecule has 1 amide bonds. The van der Waals surface area contributed by atoms with Gasteiger partial charge in [0.05, 0.1) is 18.6 Å². The lowest BCUT2D eigenvalue weighted by Gasteiger charge is -2.03. The molecule has 0 unspecified atom stereocenters. The van der Waals surface area contributed by atoms with Crippen LogP contribution in [0.2, 0.25) is 0 Å². The van der Waals surface area contributed by atoms with Gasteiger partial charge in [-0.15, -0.1) is 0 Å². The van der Waals surface area contributed by atoms with Gasteiger partial charge in [0.2, 0.25) is 0 Å². The summed E-state index contributed by atoms with van der Waals surface area (Å²) in [7, 11) is 0. The first-order valence-corrected chi connectivity index (χ1v) is 5.39. The highest BCUT2D eigenvalue weighted by molar-refractivity contribution is 5.97. The lowest BCUT2D eigenvalue weighted by molar-refractivity contribution is 0.0950. The third-order valence-corrected chi connectivity index (χ3v) is 2.57. The Balaban J connectivity index is 1.75. The molecule has 0 saturated heterocycles. The summed E-state index contributed by atoms with van der Waals surface area (Å²) >= 11 is 0. The molecule has 0 aliphatic rings. The molecule has 3 rings (SSSR count). The molecule has 0 bridgehead atoms. The van der Waals surface area contributed by atoms with Crippen LogP contribution >= 0.6 is 0 Å². The molecule has 7 heteroatoms. The van der Waals surface area contributed by atoms with E-state index >= 15 is 0 Å². The van der Waals surface area contributed by atoms with Crippen LogP contribution < -0.4 is 5.32 Å². The molecule has 2 aromatic heterocycles. The predicted octanol–water partition coefficient (Wildman–Crippen LogP) is 0.611. The van der Waals surface area contributed by atoms with Gasteiger partial charge in [-0.3, -0.25) is 4.79 Å². The Morgan fingerprint density at radius 2 is 2.17 bits per heavy atom. The van der Waals surface area contributed by atoms with Crippen molar-refractivity contribution in [3.63, 3.8) is 0 Å². The fourth-order valence-electron chi connectivity index (χ4n) is 1.64. The van der Waals surface area contributed by atoms with E-state index in [0.29, 0.717) is 17.6 Å². The van der Waals surface area contributed by atoms with Gasteiger partial charge >= 0.3 is 0 Å². The summed E-state index contributed by atoms with van der Waals surface area (Å²) < 4.78 is 0. The highest BCUT2D eigenvalue weighted by Gasteiger charge is 2.07. The Hall–Kier alpha value is -2.70. The highest BCUT2D eigenvalue weighted by Crippen LogP contribution is 2.10. The van der Waals surface area contributed by atoms with Crippen LogP contribution in [0.3, 0.4) is 0 Å². The van der Waals surface area contributed by atoms with E-state index in [1.54, 1.807) is 30.7 Å². The summed E-state index contributed by atoms with van der Waals surface area (Å²) in [6.45, 7) is 0.412. The van der Waals surface area contributed by atoms with E-state index in [9.17, 15) is 4.79 Å². The number of benzene rings is 1. The molecule has 0 saturated carbocycles. The number of aromatic amines is 2. The number of H-pyrrole nitrogens is 2. The van der Waals surface area contributed by atoms with Crippen LogP contribution in [-0.4, -0.2) is 31.3 Å². The zero-order chi connectivity index (χ0) is 12.4. The number of nitrogens with one attached hydrogen (secondary N) is 3. The second kappa shape index (κ2) is 4.28. The smallest absolute Gasteiger partial charge is 0.251 e. The minimum atomic E-state index is -0.158. The van der Waals surface area contributed by atoms with Crippen molar-refractivity contribution in [3.8, 4) is 0 Å². The Kier molecular flexibility index (Phi) is 2.49. The molecule has 0 radical (unpaired) electrons. The van der Waals surface area contributed by atoms with E-state index in [0.717, 1.165) is 11.2 Å². The number of carbonyl (C=O) groups excluding carboxylic acids is 1. The number of amides is 1. The molecule has 3 N–H and O–H groups in total. The van der Waals surface area contributed by atoms with E-state index in [1.165, 1.54) is 0 Å². The van der Waals surface area contributed by atoms with E-state index in [1.807, 2.05) is 0 Å². The Morgan fingerprint density at radius 1 is 1.28 bits per heavy atom. The maximum atomic E-state index is 11.9. The van der Waals surface area contributed by atoms with Crippen LogP contribution in [0.1, 0.15) is 16.1 Å². The van der Waals surface area contributed by atoms with Crippen molar-refractivity contribution in [1.29, 1.82) is 0 Å². The molecule has 2 heterocycles. The lowest BCUT2D eigenvalue weighted by Crippen LogP contribution is -2.22. The summed E-state index contributed by atoms with van der Waals surface area (Å²) in [5.74, 6) is -0.158. The number of aromatic nitrogens is 5. The third-order valence-electron chi connectivity index (χ3n) is 2.57. The molecular weight excluding hydrogens is 232 g/mol. The summed E-state index contributed by atoms with van der Waals surface area (Å²) in [5, 5.41) is 13.2. The molecule has 1 aromatic carbocycles. The van der Waals surface area contributed by atoms with Gasteiger partial charge in [0.1, 0.15) is 11.0 Å². The molecule has 0 spiro atoms. The normalized spacial score (nSPS) is 10.7. The van der Waals surface area contributed by atoms with E-state index in [4.69, 9.17) is 0 Å². The van der Waals surface area contributed by atoms with Gasteiger partial charge in [-0.2, -0.15) is 15.4 Å². The van der Waals surface area contributed by atoms with Crippen molar-refractivity contribution in [3.05, 3.63) is 42.0 Å². The van der Waals surface area contributed by atoms with Crippen LogP contribution in [0.25, 0.3) is 11.0 Å². The first-order valence-electron chi connectivity index (χ1n) is 5.39. The van der Waals surface area contributed by atoms with Gasteiger partial charge < -0.3 is 10.3 Å². The standard InChI is InChI=1S/C11H10N6O/c18-11(13-5-8-4-12-6-14-8)7-1-2-9-10(3-7)16-17-15-9/h1-4,6H,5H2,(H,12,14)(H,13,18)(H,15,16,17). The Morgan fingerprint density at radius 3 is 3.00 bits per heavy atom.